The van der Waals surface area contributed by atoms with Crippen LogP contribution in [0.2, 0.25) is 0 Å². The number of benzene rings is 1. The van der Waals surface area contributed by atoms with E-state index < -0.39 is 9.84 Å². The Labute approximate surface area is 120 Å². The fourth-order valence-corrected chi connectivity index (χ4v) is 3.55. The van der Waals surface area contributed by atoms with Crippen molar-refractivity contribution in [3.8, 4) is 0 Å². The molecule has 2 unspecified atom stereocenters. The number of para-hydroxylation sites is 1. The molecule has 1 aliphatic rings. The van der Waals surface area contributed by atoms with E-state index in [-0.39, 0.29) is 28.1 Å². The predicted molar refractivity (Wildman–Crippen MR) is 80.6 cm³/mol. The molecule has 5 nitrogen and oxygen atoms in total. The maximum Gasteiger partial charge on any atom is 0.177 e. The highest BCUT2D eigenvalue weighted by Crippen LogP contribution is 2.44. The highest BCUT2D eigenvalue weighted by molar-refractivity contribution is 7.90. The summed E-state index contributed by atoms with van der Waals surface area (Å²) in [4.78, 5) is 0.169. The van der Waals surface area contributed by atoms with Gasteiger partial charge in [0.1, 0.15) is 0 Å². The molecular weight excluding hydrogens is 276 g/mol. The van der Waals surface area contributed by atoms with Gasteiger partial charge in [-0.3, -0.25) is 0 Å². The fourth-order valence-electron chi connectivity index (χ4n) is 2.71. The maximum atomic E-state index is 11.7. The lowest BCUT2D eigenvalue weighted by atomic mass is 9.64. The van der Waals surface area contributed by atoms with Crippen LogP contribution in [0.1, 0.15) is 20.3 Å². The summed E-state index contributed by atoms with van der Waals surface area (Å²) in [5.74, 6) is 0. The van der Waals surface area contributed by atoms with Gasteiger partial charge >= 0.3 is 0 Å². The first-order chi connectivity index (χ1) is 9.17. The number of nitrogens with one attached hydrogen (secondary N) is 1. The molecule has 6 heteroatoms. The molecule has 2 atom stereocenters. The Hall–Kier alpha value is -1.27. The number of sulfone groups is 1. The van der Waals surface area contributed by atoms with Crippen molar-refractivity contribution in [1.29, 1.82) is 0 Å². The Morgan fingerprint density at radius 1 is 1.40 bits per heavy atom. The predicted octanol–water partition coefficient (Wildman–Crippen LogP) is 1.90. The molecule has 0 aromatic heterocycles. The third-order valence-corrected chi connectivity index (χ3v) is 5.41. The molecule has 1 saturated carbocycles. The summed E-state index contributed by atoms with van der Waals surface area (Å²) in [6, 6.07) is 5.25. The normalized spacial score (nSPS) is 25.0. The second-order valence-corrected chi connectivity index (χ2v) is 7.95. The SMILES string of the molecule is COC1CC(Nc2cccc(S(C)(=O)=O)c2N)C1(C)C. The largest absolute Gasteiger partial charge is 0.396 e. The number of hydrogen-bond donors (Lipinski definition) is 2. The molecular formula is C14H22N2O3S. The smallest absolute Gasteiger partial charge is 0.177 e. The first-order valence-electron chi connectivity index (χ1n) is 6.55. The molecule has 0 heterocycles. The Balaban J connectivity index is 2.25. The molecule has 1 aliphatic carbocycles. The molecule has 3 N–H and O–H groups in total. The lowest BCUT2D eigenvalue weighted by molar-refractivity contribution is -0.0794. The lowest BCUT2D eigenvalue weighted by Gasteiger charge is -2.51. The Kier molecular flexibility index (Phi) is 3.73. The van der Waals surface area contributed by atoms with Crippen molar-refractivity contribution in [2.24, 2.45) is 5.41 Å². The second kappa shape index (κ2) is 4.93. The van der Waals surface area contributed by atoms with Gasteiger partial charge in [0.2, 0.25) is 0 Å². The minimum atomic E-state index is -3.31. The quantitative estimate of drug-likeness (QED) is 0.830. The van der Waals surface area contributed by atoms with Gasteiger partial charge in [0.25, 0.3) is 0 Å². The van der Waals surface area contributed by atoms with Crippen molar-refractivity contribution in [2.75, 3.05) is 24.4 Å². The second-order valence-electron chi connectivity index (χ2n) is 5.97. The summed E-state index contributed by atoms with van der Waals surface area (Å²) < 4.78 is 28.8. The summed E-state index contributed by atoms with van der Waals surface area (Å²) in [6.07, 6.45) is 2.25. The van der Waals surface area contributed by atoms with Gasteiger partial charge in [0.05, 0.1) is 22.4 Å². The van der Waals surface area contributed by atoms with Gasteiger partial charge in [0, 0.05) is 24.8 Å². The van der Waals surface area contributed by atoms with Crippen LogP contribution >= 0.6 is 0 Å². The van der Waals surface area contributed by atoms with Gasteiger partial charge < -0.3 is 15.8 Å². The van der Waals surface area contributed by atoms with Crippen LogP contribution in [0.5, 0.6) is 0 Å². The summed E-state index contributed by atoms with van der Waals surface area (Å²) in [7, 11) is -1.60. The molecule has 2 rings (SSSR count). The molecule has 0 spiro atoms. The van der Waals surface area contributed by atoms with Crippen LogP contribution in [0.4, 0.5) is 11.4 Å². The van der Waals surface area contributed by atoms with E-state index in [9.17, 15) is 8.42 Å². The minimum Gasteiger partial charge on any atom is -0.396 e. The summed E-state index contributed by atoms with van der Waals surface area (Å²) in [5.41, 5.74) is 6.92. The molecule has 0 radical (unpaired) electrons. The summed E-state index contributed by atoms with van der Waals surface area (Å²) in [5, 5.41) is 3.34. The van der Waals surface area contributed by atoms with Crippen LogP contribution in [-0.4, -0.2) is 33.9 Å². The first kappa shape index (κ1) is 15.1. The Bertz CT molecular complexity index is 611. The molecule has 20 heavy (non-hydrogen) atoms. The maximum absolute atomic E-state index is 11.7. The molecule has 0 aliphatic heterocycles. The molecule has 112 valence electrons. The molecule has 0 bridgehead atoms. The molecule has 0 saturated heterocycles. The van der Waals surface area contributed by atoms with Gasteiger partial charge in [-0.15, -0.1) is 0 Å². The fraction of sp³-hybridized carbons (Fsp3) is 0.571. The van der Waals surface area contributed by atoms with Crippen LogP contribution in [-0.2, 0) is 14.6 Å². The highest BCUT2D eigenvalue weighted by atomic mass is 32.2. The van der Waals surface area contributed by atoms with Crippen LogP contribution in [0, 0.1) is 5.41 Å². The van der Waals surface area contributed by atoms with E-state index in [1.165, 1.54) is 6.07 Å². The van der Waals surface area contributed by atoms with Gasteiger partial charge in [-0.2, -0.15) is 0 Å². The van der Waals surface area contributed by atoms with Crippen molar-refractivity contribution in [2.45, 2.75) is 37.3 Å². The van der Waals surface area contributed by atoms with Crippen LogP contribution < -0.4 is 11.1 Å². The van der Waals surface area contributed by atoms with Crippen molar-refractivity contribution < 1.29 is 13.2 Å². The average Bonchev–Trinajstić information content (AvgIpc) is 2.34. The monoisotopic (exact) mass is 298 g/mol. The Morgan fingerprint density at radius 3 is 2.55 bits per heavy atom. The van der Waals surface area contributed by atoms with Crippen molar-refractivity contribution in [3.63, 3.8) is 0 Å². The number of ether oxygens (including phenoxy) is 1. The van der Waals surface area contributed by atoms with Gasteiger partial charge in [-0.05, 0) is 18.6 Å². The topological polar surface area (TPSA) is 81.4 Å². The molecule has 1 aromatic carbocycles. The van der Waals surface area contributed by atoms with Crippen molar-refractivity contribution in [1.82, 2.24) is 0 Å². The third kappa shape index (κ3) is 2.50. The average molecular weight is 298 g/mol. The number of methoxy groups -OCH3 is 1. The number of anilines is 2. The zero-order chi connectivity index (χ0) is 15.1. The molecule has 1 fully saturated rings. The Morgan fingerprint density at radius 2 is 2.05 bits per heavy atom. The zero-order valence-electron chi connectivity index (χ0n) is 12.3. The van der Waals surface area contributed by atoms with Gasteiger partial charge in [-0.1, -0.05) is 19.9 Å². The minimum absolute atomic E-state index is 0.0116. The summed E-state index contributed by atoms with van der Waals surface area (Å²) >= 11 is 0. The molecule has 0 amide bonds. The lowest BCUT2D eigenvalue weighted by Crippen LogP contribution is -2.57. The van der Waals surface area contributed by atoms with E-state index in [1.54, 1.807) is 19.2 Å². The van der Waals surface area contributed by atoms with E-state index in [0.717, 1.165) is 12.7 Å². The van der Waals surface area contributed by atoms with Gasteiger partial charge in [-0.25, -0.2) is 8.42 Å². The standard InChI is InChI=1S/C14H22N2O3S/c1-14(2)11(8-12(14)19-3)16-9-6-5-7-10(13(9)15)20(4,17)18/h5-7,11-12,16H,8,15H2,1-4H3. The van der Waals surface area contributed by atoms with E-state index in [1.807, 2.05) is 0 Å². The molecule has 1 aromatic rings. The number of nitrogen functional groups attached to an aromatic ring is 1. The van der Waals surface area contributed by atoms with E-state index >= 15 is 0 Å². The van der Waals surface area contributed by atoms with E-state index in [4.69, 9.17) is 10.5 Å². The van der Waals surface area contributed by atoms with Crippen molar-refractivity contribution in [3.05, 3.63) is 18.2 Å². The van der Waals surface area contributed by atoms with Crippen molar-refractivity contribution >= 4 is 21.2 Å². The number of rotatable bonds is 4. The van der Waals surface area contributed by atoms with Crippen LogP contribution in [0.15, 0.2) is 23.1 Å². The van der Waals surface area contributed by atoms with E-state index in [0.29, 0.717) is 5.69 Å². The summed E-state index contributed by atoms with van der Waals surface area (Å²) in [6.45, 7) is 4.25. The van der Waals surface area contributed by atoms with Gasteiger partial charge in [0.15, 0.2) is 9.84 Å². The zero-order valence-corrected chi connectivity index (χ0v) is 13.1. The van der Waals surface area contributed by atoms with E-state index in [2.05, 4.69) is 19.2 Å². The number of hydrogen-bond acceptors (Lipinski definition) is 5. The highest BCUT2D eigenvalue weighted by Gasteiger charge is 2.48. The third-order valence-electron chi connectivity index (χ3n) is 4.26. The number of nitrogens with two attached hydrogens (primary N) is 1. The van der Waals surface area contributed by atoms with Crippen LogP contribution in [0.3, 0.4) is 0 Å². The first-order valence-corrected chi connectivity index (χ1v) is 8.45. The van der Waals surface area contributed by atoms with Crippen LogP contribution in [0.25, 0.3) is 0 Å².